The van der Waals surface area contributed by atoms with Crippen LogP contribution in [0, 0.1) is 0 Å². The van der Waals surface area contributed by atoms with Crippen molar-refractivity contribution >= 4 is 44.4 Å². The monoisotopic (exact) mass is 446 g/mol. The van der Waals surface area contributed by atoms with Crippen molar-refractivity contribution in [2.45, 2.75) is 25.0 Å². The van der Waals surface area contributed by atoms with Gasteiger partial charge >= 0.3 is 0 Å². The highest BCUT2D eigenvalue weighted by atomic mass is 79.9. The van der Waals surface area contributed by atoms with Crippen molar-refractivity contribution in [3.63, 3.8) is 0 Å². The number of ketones is 1. The molecule has 0 aliphatic rings. The number of hydrogen-bond acceptors (Lipinski definition) is 5. The first kappa shape index (κ1) is 19.6. The van der Waals surface area contributed by atoms with Crippen molar-refractivity contribution < 1.29 is 9.53 Å². The van der Waals surface area contributed by atoms with Crippen LogP contribution in [0.1, 0.15) is 23.7 Å². The van der Waals surface area contributed by atoms with Crippen molar-refractivity contribution in [2.24, 2.45) is 0 Å². The van der Waals surface area contributed by atoms with Crippen LogP contribution in [0.15, 0.2) is 56.9 Å². The molecule has 0 radical (unpaired) electrons. The molecule has 3 rings (SSSR count). The fourth-order valence-corrected chi connectivity index (χ4v) is 4.19. The average molecular weight is 447 g/mol. The minimum atomic E-state index is -0.0652. The van der Waals surface area contributed by atoms with E-state index in [1.54, 1.807) is 35.9 Å². The Morgan fingerprint density at radius 2 is 2.04 bits per heavy atom. The number of para-hydroxylation sites is 1. The maximum atomic E-state index is 12.8. The number of fused-ring (bicyclic) bond motifs is 1. The summed E-state index contributed by atoms with van der Waals surface area (Å²) >= 11 is 4.69. The normalized spacial score (nSPS) is 10.9. The molecule has 2 aromatic carbocycles. The third-order valence-electron chi connectivity index (χ3n) is 4.08. The number of ether oxygens (including phenoxy) is 1. The summed E-state index contributed by atoms with van der Waals surface area (Å²) in [6.07, 6.45) is 0.812. The lowest BCUT2D eigenvalue weighted by Gasteiger charge is -2.12. The number of nitrogens with zero attached hydrogens (tertiary/aromatic N) is 2. The number of hydrogen-bond donors (Lipinski definition) is 0. The van der Waals surface area contributed by atoms with Gasteiger partial charge in [-0.15, -0.1) is 0 Å². The van der Waals surface area contributed by atoms with E-state index in [0.29, 0.717) is 33.9 Å². The summed E-state index contributed by atoms with van der Waals surface area (Å²) in [5, 5.41) is 1.17. The zero-order valence-corrected chi connectivity index (χ0v) is 17.5. The van der Waals surface area contributed by atoms with Crippen LogP contribution in [-0.4, -0.2) is 28.2 Å². The molecule has 0 saturated carbocycles. The van der Waals surface area contributed by atoms with Crippen molar-refractivity contribution in [3.05, 3.63) is 62.9 Å². The van der Waals surface area contributed by atoms with E-state index in [0.717, 1.165) is 10.9 Å². The topological polar surface area (TPSA) is 61.2 Å². The Bertz CT molecular complexity index is 1050. The van der Waals surface area contributed by atoms with Gasteiger partial charge in [-0.3, -0.25) is 14.2 Å². The predicted octanol–water partition coefficient (Wildman–Crippen LogP) is 4.55. The number of carbonyl (C=O) groups excluding carboxylic acids is 1. The molecule has 0 fully saturated rings. The molecule has 0 aliphatic carbocycles. The number of rotatable bonds is 7. The largest absolute Gasteiger partial charge is 0.496 e. The Hall–Kier alpha value is -2.12. The van der Waals surface area contributed by atoms with Crippen LogP contribution >= 0.6 is 27.7 Å². The number of benzene rings is 2. The predicted molar refractivity (Wildman–Crippen MR) is 112 cm³/mol. The molecule has 3 aromatic rings. The fourth-order valence-electron chi connectivity index (χ4n) is 2.73. The second-order valence-corrected chi connectivity index (χ2v) is 7.73. The molecule has 140 valence electrons. The van der Waals surface area contributed by atoms with E-state index in [1.165, 1.54) is 11.8 Å². The lowest BCUT2D eigenvalue weighted by atomic mass is 10.1. The van der Waals surface area contributed by atoms with Crippen LogP contribution in [0.2, 0.25) is 0 Å². The number of carbonyl (C=O) groups is 1. The molecule has 1 aromatic heterocycles. The van der Waals surface area contributed by atoms with Gasteiger partial charge in [-0.2, -0.15) is 0 Å². The molecular formula is C20H19BrN2O3S. The first-order chi connectivity index (χ1) is 13.0. The molecule has 1 heterocycles. The van der Waals surface area contributed by atoms with Crippen LogP contribution < -0.4 is 10.3 Å². The van der Waals surface area contributed by atoms with Crippen molar-refractivity contribution in [3.8, 4) is 5.75 Å². The molecule has 0 atom stereocenters. The number of halogens is 1. The molecule has 0 spiro atoms. The summed E-state index contributed by atoms with van der Waals surface area (Å²) in [7, 11) is 1.58. The van der Waals surface area contributed by atoms with E-state index in [-0.39, 0.29) is 17.1 Å². The second kappa shape index (κ2) is 8.71. The summed E-state index contributed by atoms with van der Waals surface area (Å²) in [6.45, 7) is 2.58. The van der Waals surface area contributed by atoms with Crippen LogP contribution in [0.3, 0.4) is 0 Å². The first-order valence-electron chi connectivity index (χ1n) is 8.54. The van der Waals surface area contributed by atoms with Gasteiger partial charge in [0.25, 0.3) is 5.56 Å². The molecule has 27 heavy (non-hydrogen) atoms. The van der Waals surface area contributed by atoms with Gasteiger partial charge in [-0.05, 0) is 52.7 Å². The van der Waals surface area contributed by atoms with Gasteiger partial charge in [0.2, 0.25) is 0 Å². The molecule has 7 heteroatoms. The van der Waals surface area contributed by atoms with Gasteiger partial charge in [0.15, 0.2) is 10.9 Å². The number of aromatic nitrogens is 2. The maximum absolute atomic E-state index is 12.8. The summed E-state index contributed by atoms with van der Waals surface area (Å²) < 4.78 is 7.58. The van der Waals surface area contributed by atoms with Gasteiger partial charge in [0.1, 0.15) is 5.75 Å². The highest BCUT2D eigenvalue weighted by Gasteiger charge is 2.14. The summed E-state index contributed by atoms with van der Waals surface area (Å²) in [4.78, 5) is 30.0. The standard InChI is InChI=1S/C20H19BrN2O3S/c1-3-10-23-19(25)14-6-4-5-7-16(14)22-20(23)27-12-17(24)13-8-9-18(26-2)15(21)11-13/h4-9,11H,3,10,12H2,1-2H3. The summed E-state index contributed by atoms with van der Waals surface area (Å²) in [5.74, 6) is 0.841. The Kier molecular flexibility index (Phi) is 6.34. The van der Waals surface area contributed by atoms with Crippen molar-refractivity contribution in [2.75, 3.05) is 12.9 Å². The lowest BCUT2D eigenvalue weighted by Crippen LogP contribution is -2.23. The Balaban J connectivity index is 1.87. The Morgan fingerprint density at radius 1 is 1.26 bits per heavy atom. The van der Waals surface area contributed by atoms with E-state index >= 15 is 0 Å². The van der Waals surface area contributed by atoms with Crippen LogP contribution in [0.4, 0.5) is 0 Å². The molecule has 0 unspecified atom stereocenters. The minimum Gasteiger partial charge on any atom is -0.496 e. The van der Waals surface area contributed by atoms with Gasteiger partial charge in [0, 0.05) is 12.1 Å². The third-order valence-corrected chi connectivity index (χ3v) is 5.68. The number of thioether (sulfide) groups is 1. The average Bonchev–Trinajstić information content (AvgIpc) is 2.68. The summed E-state index contributed by atoms with van der Waals surface area (Å²) in [5.41, 5.74) is 1.17. The molecule has 5 nitrogen and oxygen atoms in total. The summed E-state index contributed by atoms with van der Waals surface area (Å²) in [6, 6.07) is 12.5. The molecule has 0 N–H and O–H groups in total. The lowest BCUT2D eigenvalue weighted by molar-refractivity contribution is 0.102. The highest BCUT2D eigenvalue weighted by molar-refractivity contribution is 9.10. The molecule has 0 bridgehead atoms. The SMILES string of the molecule is CCCn1c(SCC(=O)c2ccc(OC)c(Br)c2)nc2ccccc2c1=O. The highest BCUT2D eigenvalue weighted by Crippen LogP contribution is 2.27. The van der Waals surface area contributed by atoms with Gasteiger partial charge in [-0.1, -0.05) is 30.8 Å². The molecule has 0 aliphatic heterocycles. The first-order valence-corrected chi connectivity index (χ1v) is 10.3. The Labute approximate surface area is 169 Å². The van der Waals surface area contributed by atoms with E-state index in [9.17, 15) is 9.59 Å². The van der Waals surface area contributed by atoms with Crippen LogP contribution in [0.25, 0.3) is 10.9 Å². The number of methoxy groups -OCH3 is 1. The van der Waals surface area contributed by atoms with E-state index in [2.05, 4.69) is 20.9 Å². The Morgan fingerprint density at radius 3 is 2.74 bits per heavy atom. The van der Waals surface area contributed by atoms with Crippen LogP contribution in [0.5, 0.6) is 5.75 Å². The van der Waals surface area contributed by atoms with Crippen molar-refractivity contribution in [1.29, 1.82) is 0 Å². The molecular weight excluding hydrogens is 428 g/mol. The van der Waals surface area contributed by atoms with Gasteiger partial charge in [0.05, 0.1) is 28.2 Å². The minimum absolute atomic E-state index is 0.0335. The van der Waals surface area contributed by atoms with Gasteiger partial charge < -0.3 is 4.74 Å². The fraction of sp³-hybridized carbons (Fsp3) is 0.250. The molecule has 0 amide bonds. The number of Topliss-reactive ketones (excluding diaryl/α,β-unsaturated/α-hetero) is 1. The zero-order valence-electron chi connectivity index (χ0n) is 15.1. The zero-order chi connectivity index (χ0) is 19.4. The van der Waals surface area contributed by atoms with Crippen LogP contribution in [-0.2, 0) is 6.54 Å². The second-order valence-electron chi connectivity index (χ2n) is 5.93. The third kappa shape index (κ3) is 4.25. The van der Waals surface area contributed by atoms with E-state index in [4.69, 9.17) is 4.74 Å². The smallest absolute Gasteiger partial charge is 0.262 e. The molecule has 0 saturated heterocycles. The van der Waals surface area contributed by atoms with E-state index in [1.807, 2.05) is 25.1 Å². The maximum Gasteiger partial charge on any atom is 0.262 e. The van der Waals surface area contributed by atoms with E-state index < -0.39 is 0 Å². The quantitative estimate of drug-likeness (QED) is 0.302. The van der Waals surface area contributed by atoms with Crippen molar-refractivity contribution in [1.82, 2.24) is 9.55 Å². The van der Waals surface area contributed by atoms with Gasteiger partial charge in [-0.25, -0.2) is 4.98 Å².